The van der Waals surface area contributed by atoms with Gasteiger partial charge in [0.1, 0.15) is 5.75 Å². The van der Waals surface area contributed by atoms with Crippen LogP contribution in [0.3, 0.4) is 0 Å². The van der Waals surface area contributed by atoms with Gasteiger partial charge in [0.2, 0.25) is 17.8 Å². The number of benzene rings is 1. The van der Waals surface area contributed by atoms with Crippen LogP contribution in [-0.4, -0.2) is 33.2 Å². The Morgan fingerprint density at radius 2 is 1.86 bits per heavy atom. The van der Waals surface area contributed by atoms with Crippen LogP contribution in [0.4, 0.5) is 17.6 Å². The lowest BCUT2D eigenvalue weighted by Crippen LogP contribution is -2.23. The van der Waals surface area contributed by atoms with Gasteiger partial charge in [-0.15, -0.1) is 0 Å². The molecule has 116 valence electrons. The highest BCUT2D eigenvalue weighted by Crippen LogP contribution is 2.26. The number of nitrogens with one attached hydrogen (secondary N) is 1. The number of ether oxygens (including phenoxy) is 1. The van der Waals surface area contributed by atoms with Crippen LogP contribution >= 0.6 is 11.8 Å². The number of thioether (sulfide) groups is 1. The zero-order valence-electron chi connectivity index (χ0n) is 12.1. The fourth-order valence-electron chi connectivity index (χ4n) is 1.63. The summed E-state index contributed by atoms with van der Waals surface area (Å²) in [7, 11) is 1.54. The van der Waals surface area contributed by atoms with Gasteiger partial charge in [-0.2, -0.15) is 15.0 Å². The van der Waals surface area contributed by atoms with Crippen LogP contribution in [0.5, 0.6) is 5.75 Å². The first-order chi connectivity index (χ1) is 10.5. The highest BCUT2D eigenvalue weighted by molar-refractivity contribution is 8.00. The number of para-hydroxylation sites is 2. The molecule has 0 aliphatic carbocycles. The molecule has 0 aliphatic rings. The first-order valence-corrected chi connectivity index (χ1v) is 7.25. The SMILES string of the molecule is COc1ccccc1NC(=O)[C@@H](C)Sc1nc(N)nc(N)n1. The van der Waals surface area contributed by atoms with Gasteiger partial charge in [-0.25, -0.2) is 0 Å². The highest BCUT2D eigenvalue weighted by atomic mass is 32.2. The second-order valence-corrected chi connectivity index (χ2v) is 5.59. The standard InChI is InChI=1S/C13H16N6O2S/c1-7(22-13-18-11(14)17-12(15)19-13)10(20)16-8-5-3-4-6-9(8)21-2/h3-7H,1-2H3,(H,16,20)(H4,14,15,17,18,19)/t7-/m1/s1. The first kappa shape index (κ1) is 15.8. The molecular formula is C13H16N6O2S. The number of nitrogens with zero attached hydrogens (tertiary/aromatic N) is 3. The maximum absolute atomic E-state index is 12.2. The Hall–Kier alpha value is -2.55. The van der Waals surface area contributed by atoms with Gasteiger partial charge in [-0.05, 0) is 19.1 Å². The van der Waals surface area contributed by atoms with Crippen molar-refractivity contribution in [3.8, 4) is 5.75 Å². The second kappa shape index (κ2) is 6.94. The molecule has 2 rings (SSSR count). The molecule has 1 heterocycles. The summed E-state index contributed by atoms with van der Waals surface area (Å²) < 4.78 is 5.19. The minimum absolute atomic E-state index is 0.0207. The summed E-state index contributed by atoms with van der Waals surface area (Å²) >= 11 is 1.14. The number of aromatic nitrogens is 3. The summed E-state index contributed by atoms with van der Waals surface area (Å²) in [6, 6.07) is 7.15. The van der Waals surface area contributed by atoms with Crippen molar-refractivity contribution in [3.05, 3.63) is 24.3 Å². The van der Waals surface area contributed by atoms with E-state index in [-0.39, 0.29) is 17.8 Å². The third kappa shape index (κ3) is 3.98. The van der Waals surface area contributed by atoms with Crippen LogP contribution < -0.4 is 21.5 Å². The Balaban J connectivity index is 2.06. The third-order valence-corrected chi connectivity index (χ3v) is 3.63. The topological polar surface area (TPSA) is 129 Å². The maximum Gasteiger partial charge on any atom is 0.237 e. The van der Waals surface area contributed by atoms with Crippen LogP contribution in [0.2, 0.25) is 0 Å². The van der Waals surface area contributed by atoms with Crippen molar-refractivity contribution in [2.75, 3.05) is 23.9 Å². The Bertz CT molecular complexity index is 661. The molecular weight excluding hydrogens is 304 g/mol. The van der Waals surface area contributed by atoms with E-state index in [2.05, 4.69) is 20.3 Å². The molecule has 0 bridgehead atoms. The van der Waals surface area contributed by atoms with Crippen molar-refractivity contribution in [3.63, 3.8) is 0 Å². The van der Waals surface area contributed by atoms with Gasteiger partial charge in [0.05, 0.1) is 18.0 Å². The summed E-state index contributed by atoms with van der Waals surface area (Å²) in [5.41, 5.74) is 11.6. The molecule has 0 aliphatic heterocycles. The number of hydrogen-bond acceptors (Lipinski definition) is 8. The molecule has 2 aromatic rings. The fraction of sp³-hybridized carbons (Fsp3) is 0.231. The van der Waals surface area contributed by atoms with E-state index in [9.17, 15) is 4.79 Å². The van der Waals surface area contributed by atoms with Crippen molar-refractivity contribution in [2.45, 2.75) is 17.3 Å². The number of rotatable bonds is 5. The lowest BCUT2D eigenvalue weighted by molar-refractivity contribution is -0.115. The summed E-state index contributed by atoms with van der Waals surface area (Å²) in [4.78, 5) is 23.8. The van der Waals surface area contributed by atoms with E-state index in [1.54, 1.807) is 26.2 Å². The molecule has 9 heteroatoms. The van der Waals surface area contributed by atoms with Crippen LogP contribution in [0.15, 0.2) is 29.4 Å². The minimum Gasteiger partial charge on any atom is -0.495 e. The summed E-state index contributed by atoms with van der Waals surface area (Å²) in [6.45, 7) is 1.73. The number of amides is 1. The van der Waals surface area contributed by atoms with Gasteiger partial charge in [0.15, 0.2) is 5.16 Å². The first-order valence-electron chi connectivity index (χ1n) is 6.37. The summed E-state index contributed by atoms with van der Waals surface area (Å²) in [5.74, 6) is 0.411. The summed E-state index contributed by atoms with van der Waals surface area (Å²) in [6.07, 6.45) is 0. The molecule has 0 radical (unpaired) electrons. The zero-order chi connectivity index (χ0) is 16.1. The quantitative estimate of drug-likeness (QED) is 0.700. The number of anilines is 3. The molecule has 1 amide bonds. The molecule has 0 fully saturated rings. The van der Waals surface area contributed by atoms with E-state index in [0.717, 1.165) is 11.8 Å². The number of carbonyl (C=O) groups is 1. The predicted octanol–water partition coefficient (Wildman–Crippen LogP) is 1.16. The Morgan fingerprint density at radius 3 is 2.50 bits per heavy atom. The predicted molar refractivity (Wildman–Crippen MR) is 85.6 cm³/mol. The van der Waals surface area contributed by atoms with Crippen molar-refractivity contribution in [2.24, 2.45) is 0 Å². The van der Waals surface area contributed by atoms with Crippen LogP contribution in [-0.2, 0) is 4.79 Å². The Morgan fingerprint density at radius 1 is 1.23 bits per heavy atom. The minimum atomic E-state index is -0.453. The van der Waals surface area contributed by atoms with Gasteiger partial charge >= 0.3 is 0 Å². The molecule has 0 saturated heterocycles. The molecule has 1 aromatic carbocycles. The van der Waals surface area contributed by atoms with E-state index < -0.39 is 5.25 Å². The third-order valence-electron chi connectivity index (χ3n) is 2.67. The summed E-state index contributed by atoms with van der Waals surface area (Å²) in [5, 5.41) is 2.64. The van der Waals surface area contributed by atoms with Gasteiger partial charge in [0.25, 0.3) is 0 Å². The number of carbonyl (C=O) groups excluding carboxylic acids is 1. The molecule has 5 N–H and O–H groups in total. The van der Waals surface area contributed by atoms with Gasteiger partial charge < -0.3 is 21.5 Å². The molecule has 0 unspecified atom stereocenters. The van der Waals surface area contributed by atoms with Crippen molar-refractivity contribution >= 4 is 35.3 Å². The smallest absolute Gasteiger partial charge is 0.237 e. The Kier molecular flexibility index (Phi) is 4.99. The van der Waals surface area contributed by atoms with Gasteiger partial charge in [-0.1, -0.05) is 23.9 Å². The largest absolute Gasteiger partial charge is 0.495 e. The zero-order valence-corrected chi connectivity index (χ0v) is 12.9. The maximum atomic E-state index is 12.2. The van der Waals surface area contributed by atoms with E-state index in [1.165, 1.54) is 0 Å². The van der Waals surface area contributed by atoms with Gasteiger partial charge in [-0.3, -0.25) is 4.79 Å². The lowest BCUT2D eigenvalue weighted by Gasteiger charge is -2.13. The molecule has 8 nitrogen and oxygen atoms in total. The molecule has 0 spiro atoms. The van der Waals surface area contributed by atoms with E-state index in [4.69, 9.17) is 16.2 Å². The van der Waals surface area contributed by atoms with Gasteiger partial charge in [0, 0.05) is 0 Å². The Labute approximate surface area is 131 Å². The lowest BCUT2D eigenvalue weighted by atomic mass is 10.3. The van der Waals surface area contributed by atoms with E-state index in [1.807, 2.05) is 12.1 Å². The molecule has 1 aromatic heterocycles. The normalized spacial score (nSPS) is 11.7. The molecule has 0 saturated carbocycles. The number of methoxy groups -OCH3 is 1. The van der Waals surface area contributed by atoms with E-state index in [0.29, 0.717) is 16.6 Å². The van der Waals surface area contributed by atoms with Crippen LogP contribution in [0, 0.1) is 0 Å². The average Bonchev–Trinajstić information content (AvgIpc) is 2.46. The highest BCUT2D eigenvalue weighted by Gasteiger charge is 2.18. The van der Waals surface area contributed by atoms with E-state index >= 15 is 0 Å². The van der Waals surface area contributed by atoms with Crippen LogP contribution in [0.25, 0.3) is 0 Å². The number of hydrogen-bond donors (Lipinski definition) is 3. The average molecular weight is 320 g/mol. The monoisotopic (exact) mass is 320 g/mol. The number of nitrogens with two attached hydrogens (primary N) is 2. The fourth-order valence-corrected chi connectivity index (χ4v) is 2.41. The molecule has 1 atom stereocenters. The van der Waals surface area contributed by atoms with Crippen molar-refractivity contribution in [1.82, 2.24) is 15.0 Å². The van der Waals surface area contributed by atoms with Crippen LogP contribution in [0.1, 0.15) is 6.92 Å². The van der Waals surface area contributed by atoms with Crippen molar-refractivity contribution < 1.29 is 9.53 Å². The second-order valence-electron chi connectivity index (χ2n) is 4.28. The molecule has 22 heavy (non-hydrogen) atoms. The number of nitrogen functional groups attached to an aromatic ring is 2. The van der Waals surface area contributed by atoms with Crippen molar-refractivity contribution in [1.29, 1.82) is 0 Å².